The van der Waals surface area contributed by atoms with Crippen molar-refractivity contribution in [1.29, 1.82) is 0 Å². The van der Waals surface area contributed by atoms with Gasteiger partial charge in [0.1, 0.15) is 6.10 Å². The molecule has 2 aliphatic rings. The number of nitrogens with zero attached hydrogens (tertiary/aromatic N) is 3. The van der Waals surface area contributed by atoms with Crippen molar-refractivity contribution in [3.63, 3.8) is 0 Å². The van der Waals surface area contributed by atoms with E-state index in [9.17, 15) is 0 Å². The zero-order valence-corrected chi connectivity index (χ0v) is 27.9. The minimum atomic E-state index is -0.120. The molecule has 7 aromatic carbocycles. The maximum Gasteiger partial charge on any atom is 0.221 e. The highest BCUT2D eigenvalue weighted by molar-refractivity contribution is 6.16. The smallest absolute Gasteiger partial charge is 0.221 e. The van der Waals surface area contributed by atoms with Gasteiger partial charge in [-0.2, -0.15) is 0 Å². The molecule has 0 saturated heterocycles. The highest BCUT2D eigenvalue weighted by Crippen LogP contribution is 2.44. The maximum absolute atomic E-state index is 6.53. The van der Waals surface area contributed by atoms with Crippen LogP contribution >= 0.6 is 0 Å². The van der Waals surface area contributed by atoms with E-state index in [1.54, 1.807) is 0 Å². The number of benzene rings is 7. The van der Waals surface area contributed by atoms with Crippen molar-refractivity contribution >= 4 is 56.0 Å². The molecule has 0 fully saturated rings. The van der Waals surface area contributed by atoms with Crippen LogP contribution in [0.1, 0.15) is 17.5 Å². The molecule has 1 atom stereocenters. The number of ether oxygens (including phenoxy) is 1. The first kappa shape index (κ1) is 29.3. The summed E-state index contributed by atoms with van der Waals surface area (Å²) in [5.41, 5.74) is 11.3. The number of fused-ring (bicyclic) bond motifs is 5. The summed E-state index contributed by atoms with van der Waals surface area (Å²) in [5.74, 6) is 0.698. The molecule has 242 valence electrons. The van der Waals surface area contributed by atoms with Gasteiger partial charge in [0.15, 0.2) is 0 Å². The van der Waals surface area contributed by atoms with E-state index in [0.717, 1.165) is 45.6 Å². The minimum absolute atomic E-state index is 0.120. The van der Waals surface area contributed by atoms with Gasteiger partial charge in [0.05, 0.1) is 22.4 Å². The largest absolute Gasteiger partial charge is 0.467 e. The van der Waals surface area contributed by atoms with Gasteiger partial charge in [0, 0.05) is 45.0 Å². The van der Waals surface area contributed by atoms with E-state index in [4.69, 9.17) is 9.73 Å². The van der Waals surface area contributed by atoms with Gasteiger partial charge in [0.2, 0.25) is 5.90 Å². The lowest BCUT2D eigenvalue weighted by molar-refractivity contribution is 0.265. The van der Waals surface area contributed by atoms with E-state index in [-0.39, 0.29) is 6.10 Å². The highest BCUT2D eigenvalue weighted by atomic mass is 16.5. The SMILES string of the molecule is c1ccc(C2=NC3=c4ccccc4=C(c4ccc(N(c5ccccc5)c5cccc6c5c5ccccc5n6-c5ccccc5)cc4)CC3O2)cc1. The Labute approximate surface area is 296 Å². The lowest BCUT2D eigenvalue weighted by Crippen LogP contribution is -2.36. The zero-order chi connectivity index (χ0) is 33.7. The third-order valence-electron chi connectivity index (χ3n) is 10.1. The quantitative estimate of drug-likeness (QED) is 0.179. The molecule has 10 rings (SSSR count). The molecule has 1 aliphatic heterocycles. The van der Waals surface area contributed by atoms with E-state index in [1.807, 2.05) is 18.2 Å². The Bertz CT molecular complexity index is 2730. The predicted octanol–water partition coefficient (Wildman–Crippen LogP) is 9.81. The molecule has 2 heterocycles. The molecule has 51 heavy (non-hydrogen) atoms. The van der Waals surface area contributed by atoms with E-state index in [1.165, 1.54) is 38.2 Å². The van der Waals surface area contributed by atoms with Gasteiger partial charge in [-0.1, -0.05) is 115 Å². The van der Waals surface area contributed by atoms with E-state index in [0.29, 0.717) is 5.90 Å². The lowest BCUT2D eigenvalue weighted by atomic mass is 9.90. The van der Waals surface area contributed by atoms with Crippen molar-refractivity contribution in [2.45, 2.75) is 12.5 Å². The number of hydrogen-bond donors (Lipinski definition) is 0. The first-order valence-corrected chi connectivity index (χ1v) is 17.5. The average molecular weight is 656 g/mol. The molecule has 1 unspecified atom stereocenters. The van der Waals surface area contributed by atoms with E-state index >= 15 is 0 Å². The molecule has 1 aromatic heterocycles. The van der Waals surface area contributed by atoms with Crippen LogP contribution < -0.4 is 15.3 Å². The average Bonchev–Trinajstić information content (AvgIpc) is 3.80. The zero-order valence-electron chi connectivity index (χ0n) is 27.9. The second-order valence-corrected chi connectivity index (χ2v) is 13.1. The van der Waals surface area contributed by atoms with Crippen LogP contribution in [0.4, 0.5) is 17.1 Å². The molecule has 4 heteroatoms. The molecule has 0 radical (unpaired) electrons. The molecule has 0 amide bonds. The Morgan fingerprint density at radius 1 is 0.529 bits per heavy atom. The van der Waals surface area contributed by atoms with Crippen LogP contribution in [0.3, 0.4) is 0 Å². The summed E-state index contributed by atoms with van der Waals surface area (Å²) >= 11 is 0. The summed E-state index contributed by atoms with van der Waals surface area (Å²) < 4.78 is 8.91. The summed E-state index contributed by atoms with van der Waals surface area (Å²) in [6.45, 7) is 0. The number of rotatable bonds is 6. The fraction of sp³-hybridized carbons (Fsp3) is 0.0426. The van der Waals surface area contributed by atoms with Crippen molar-refractivity contribution in [3.05, 3.63) is 204 Å². The molecule has 0 N–H and O–H groups in total. The molecule has 0 saturated carbocycles. The molecule has 8 aromatic rings. The van der Waals surface area contributed by atoms with Crippen LogP contribution in [0.25, 0.3) is 38.8 Å². The number of aromatic nitrogens is 1. The van der Waals surface area contributed by atoms with Crippen LogP contribution in [0, 0.1) is 0 Å². The van der Waals surface area contributed by atoms with Gasteiger partial charge < -0.3 is 14.2 Å². The van der Waals surface area contributed by atoms with Crippen molar-refractivity contribution in [1.82, 2.24) is 4.57 Å². The summed E-state index contributed by atoms with van der Waals surface area (Å²) in [6.07, 6.45) is 0.636. The Hall–Kier alpha value is -6.65. The van der Waals surface area contributed by atoms with Crippen molar-refractivity contribution < 1.29 is 4.74 Å². The number of anilines is 3. The molecular formula is C47H33N3O. The van der Waals surface area contributed by atoms with Gasteiger partial charge in [-0.15, -0.1) is 0 Å². The molecular weight excluding hydrogens is 623 g/mol. The summed E-state index contributed by atoms with van der Waals surface area (Å²) in [4.78, 5) is 7.40. The van der Waals surface area contributed by atoms with Gasteiger partial charge in [-0.25, -0.2) is 4.99 Å². The normalized spacial score (nSPS) is 15.0. The highest BCUT2D eigenvalue weighted by Gasteiger charge is 2.31. The van der Waals surface area contributed by atoms with Crippen LogP contribution in [0.15, 0.2) is 187 Å². The molecule has 0 bridgehead atoms. The Morgan fingerprint density at radius 3 is 1.94 bits per heavy atom. The van der Waals surface area contributed by atoms with Crippen molar-refractivity contribution in [3.8, 4) is 5.69 Å². The van der Waals surface area contributed by atoms with Gasteiger partial charge in [0.25, 0.3) is 0 Å². The Morgan fingerprint density at radius 2 is 1.16 bits per heavy atom. The number of para-hydroxylation sites is 3. The molecule has 1 aliphatic carbocycles. The van der Waals surface area contributed by atoms with Gasteiger partial charge in [-0.05, 0) is 83.1 Å². The van der Waals surface area contributed by atoms with Crippen LogP contribution in [-0.4, -0.2) is 16.6 Å². The Balaban J connectivity index is 1.12. The number of hydrogen-bond acceptors (Lipinski definition) is 3. The van der Waals surface area contributed by atoms with Crippen LogP contribution in [0.5, 0.6) is 0 Å². The molecule has 4 nitrogen and oxygen atoms in total. The summed E-state index contributed by atoms with van der Waals surface area (Å²) in [6, 6.07) is 64.6. The summed E-state index contributed by atoms with van der Waals surface area (Å²) in [5, 5.41) is 4.80. The first-order chi connectivity index (χ1) is 25.3. The molecule has 0 spiro atoms. The van der Waals surface area contributed by atoms with Crippen molar-refractivity contribution in [2.75, 3.05) is 4.90 Å². The van der Waals surface area contributed by atoms with Gasteiger partial charge in [-0.3, -0.25) is 0 Å². The fourth-order valence-corrected chi connectivity index (χ4v) is 7.88. The van der Waals surface area contributed by atoms with Crippen LogP contribution in [0.2, 0.25) is 0 Å². The maximum atomic E-state index is 6.53. The van der Waals surface area contributed by atoms with Gasteiger partial charge >= 0.3 is 0 Å². The fourth-order valence-electron chi connectivity index (χ4n) is 7.88. The monoisotopic (exact) mass is 655 g/mol. The van der Waals surface area contributed by atoms with E-state index < -0.39 is 0 Å². The lowest BCUT2D eigenvalue weighted by Gasteiger charge is -2.27. The summed E-state index contributed by atoms with van der Waals surface area (Å²) in [7, 11) is 0. The standard InChI is InChI=1S/C47H33N3O/c1-4-15-33(16-5-1)47-48-46-38-22-11-10-21-37(38)40(31-44(46)51-47)32-27-29-36(30-28-32)49(34-17-6-2-7-18-34)42-25-14-26-43-45(42)39-23-12-13-24-41(39)50(43)35-19-8-3-9-20-35/h1-30,44H,31H2. The van der Waals surface area contributed by atoms with E-state index in [2.05, 4.69) is 173 Å². The Kier molecular flexibility index (Phi) is 6.91. The third kappa shape index (κ3) is 4.87. The predicted molar refractivity (Wildman–Crippen MR) is 210 cm³/mol. The van der Waals surface area contributed by atoms with Crippen molar-refractivity contribution in [2.24, 2.45) is 4.99 Å². The topological polar surface area (TPSA) is 29.8 Å². The second-order valence-electron chi connectivity index (χ2n) is 13.1. The third-order valence-corrected chi connectivity index (χ3v) is 10.1. The second kappa shape index (κ2) is 12.0. The van der Waals surface area contributed by atoms with Crippen LogP contribution in [-0.2, 0) is 4.74 Å². The number of aliphatic imine (C=N–C) groups is 1. The first-order valence-electron chi connectivity index (χ1n) is 17.5. The minimum Gasteiger partial charge on any atom is -0.467 e.